The Bertz CT molecular complexity index is 1330. The smallest absolute Gasteiger partial charge is 0.497 e. The van der Waals surface area contributed by atoms with Crippen molar-refractivity contribution >= 4 is 11.9 Å². The molecule has 6 aliphatic rings. The molecule has 194 valence electrons. The maximum Gasteiger partial charge on any atom is 0.586 e. The van der Waals surface area contributed by atoms with Gasteiger partial charge < -0.3 is 29.4 Å². The molecule has 4 saturated carbocycles. The third-order valence-electron chi connectivity index (χ3n) is 8.97. The van der Waals surface area contributed by atoms with Crippen molar-refractivity contribution in [1.82, 2.24) is 5.32 Å². The number of hydrogen-bond acceptors (Lipinski definition) is 6. The summed E-state index contributed by atoms with van der Waals surface area (Å²) in [5.74, 6) is 0.156. The van der Waals surface area contributed by atoms with Gasteiger partial charge in [-0.3, -0.25) is 9.59 Å². The molecular formula is C27H25F2NO7. The van der Waals surface area contributed by atoms with Gasteiger partial charge in [-0.2, -0.15) is 0 Å². The Balaban J connectivity index is 1.15. The van der Waals surface area contributed by atoms with E-state index >= 15 is 0 Å². The maximum absolute atomic E-state index is 13.7. The minimum Gasteiger partial charge on any atom is -0.497 e. The highest BCUT2D eigenvalue weighted by molar-refractivity contribution is 5.92. The van der Waals surface area contributed by atoms with Crippen LogP contribution in [0.2, 0.25) is 0 Å². The SMILES string of the molecule is COc1ccc2c(c1)OC(C13CC(C(=O)O)(C1)C3)CC2NC(=O)C1(c2ccc3c(c2)OC(F)(F)O3)CC1. The summed E-state index contributed by atoms with van der Waals surface area (Å²) in [5.41, 5.74) is -0.245. The lowest BCUT2D eigenvalue weighted by molar-refractivity contribution is -0.286. The fraction of sp³-hybridized carbons (Fsp3) is 0.481. The second kappa shape index (κ2) is 7.05. The van der Waals surface area contributed by atoms with Gasteiger partial charge in [0.25, 0.3) is 0 Å². The van der Waals surface area contributed by atoms with Crippen LogP contribution in [0.5, 0.6) is 23.0 Å². The minimum absolute atomic E-state index is 0.0576. The van der Waals surface area contributed by atoms with Crippen LogP contribution in [0.3, 0.4) is 0 Å². The standard InChI is InChI=1S/C27H25F2NO7/c1-34-15-3-4-16-17(10-21(35-19(16)9-15)24-11-25(12-24,13-24)23(32)33)30-22(31)26(6-7-26)14-2-5-18-20(8-14)37-27(28,29)36-18/h2-5,8-9,17,21H,6-7,10-13H2,1H3,(H,30,31)(H,32,33). The Kier molecular flexibility index (Phi) is 4.31. The van der Waals surface area contributed by atoms with Gasteiger partial charge in [0.2, 0.25) is 5.91 Å². The van der Waals surface area contributed by atoms with Crippen LogP contribution >= 0.6 is 0 Å². The summed E-state index contributed by atoms with van der Waals surface area (Å²) in [6.45, 7) is 0. The number of carboxylic acid groups (broad SMARTS) is 1. The van der Waals surface area contributed by atoms with Gasteiger partial charge in [0.05, 0.1) is 24.0 Å². The van der Waals surface area contributed by atoms with E-state index in [-0.39, 0.29) is 35.0 Å². The highest BCUT2D eigenvalue weighted by atomic mass is 19.3. The van der Waals surface area contributed by atoms with Crippen LogP contribution in [0.1, 0.15) is 55.7 Å². The van der Waals surface area contributed by atoms with E-state index in [1.165, 1.54) is 12.1 Å². The molecule has 2 heterocycles. The predicted molar refractivity (Wildman–Crippen MR) is 123 cm³/mol. The van der Waals surface area contributed by atoms with Crippen molar-refractivity contribution in [3.8, 4) is 23.0 Å². The van der Waals surface area contributed by atoms with Crippen LogP contribution in [0.15, 0.2) is 36.4 Å². The average molecular weight is 513 g/mol. The zero-order valence-electron chi connectivity index (χ0n) is 20.0. The summed E-state index contributed by atoms with van der Waals surface area (Å²) < 4.78 is 47.9. The van der Waals surface area contributed by atoms with Crippen molar-refractivity contribution in [2.75, 3.05) is 7.11 Å². The summed E-state index contributed by atoms with van der Waals surface area (Å²) in [7, 11) is 1.57. The molecule has 10 heteroatoms. The molecule has 0 saturated heterocycles. The van der Waals surface area contributed by atoms with E-state index in [1.54, 1.807) is 19.2 Å². The molecule has 2 atom stereocenters. The van der Waals surface area contributed by atoms with Crippen molar-refractivity contribution in [3.63, 3.8) is 0 Å². The fourth-order valence-corrected chi connectivity index (χ4v) is 6.84. The topological polar surface area (TPSA) is 103 Å². The molecule has 8 nitrogen and oxygen atoms in total. The van der Waals surface area contributed by atoms with Gasteiger partial charge >= 0.3 is 12.3 Å². The molecule has 4 aliphatic carbocycles. The molecule has 0 spiro atoms. The normalized spacial score (nSPS) is 32.6. The van der Waals surface area contributed by atoms with Gasteiger partial charge in [0.15, 0.2) is 11.5 Å². The Morgan fingerprint density at radius 3 is 2.43 bits per heavy atom. The minimum atomic E-state index is -3.72. The number of benzene rings is 2. The highest BCUT2D eigenvalue weighted by Gasteiger charge is 2.75. The number of alkyl halides is 2. The summed E-state index contributed by atoms with van der Waals surface area (Å²) in [6, 6.07) is 9.63. The molecular weight excluding hydrogens is 488 g/mol. The first-order valence-corrected chi connectivity index (χ1v) is 12.4. The zero-order chi connectivity index (χ0) is 25.8. The number of aliphatic carboxylic acids is 1. The van der Waals surface area contributed by atoms with Gasteiger partial charge in [0.1, 0.15) is 17.6 Å². The Labute approximate surface area is 210 Å². The lowest BCUT2D eigenvalue weighted by Crippen LogP contribution is -2.71. The van der Waals surface area contributed by atoms with Crippen LogP contribution in [0.4, 0.5) is 8.78 Å². The Hall–Kier alpha value is -3.56. The van der Waals surface area contributed by atoms with Crippen LogP contribution in [0.25, 0.3) is 0 Å². The lowest BCUT2D eigenvalue weighted by Gasteiger charge is -2.70. The number of carboxylic acids is 1. The summed E-state index contributed by atoms with van der Waals surface area (Å²) in [5, 5.41) is 12.8. The maximum atomic E-state index is 13.7. The summed E-state index contributed by atoms with van der Waals surface area (Å²) in [4.78, 5) is 25.3. The molecule has 2 aromatic rings. The van der Waals surface area contributed by atoms with E-state index in [1.807, 2.05) is 12.1 Å². The molecule has 0 aromatic heterocycles. The van der Waals surface area contributed by atoms with Crippen molar-refractivity contribution < 1.29 is 42.4 Å². The molecule has 2 aromatic carbocycles. The van der Waals surface area contributed by atoms with Crippen molar-refractivity contribution in [2.45, 2.75) is 62.4 Å². The molecule has 2 unspecified atom stereocenters. The number of rotatable bonds is 6. The number of carbonyl (C=O) groups is 2. The first-order valence-electron chi connectivity index (χ1n) is 12.4. The second-order valence-electron chi connectivity index (χ2n) is 11.2. The van der Waals surface area contributed by atoms with Crippen LogP contribution in [0, 0.1) is 10.8 Å². The first kappa shape index (κ1) is 22.6. The number of carbonyl (C=O) groups excluding carboxylic acids is 1. The molecule has 0 radical (unpaired) electrons. The molecule has 8 rings (SSSR count). The quantitative estimate of drug-likeness (QED) is 0.593. The van der Waals surface area contributed by atoms with Gasteiger partial charge in [0, 0.05) is 23.5 Å². The molecule has 2 bridgehead atoms. The summed E-state index contributed by atoms with van der Waals surface area (Å²) >= 11 is 0. The third-order valence-corrected chi connectivity index (χ3v) is 8.97. The fourth-order valence-electron chi connectivity index (χ4n) is 6.84. The van der Waals surface area contributed by atoms with Crippen molar-refractivity contribution in [1.29, 1.82) is 0 Å². The van der Waals surface area contributed by atoms with Crippen LogP contribution in [-0.2, 0) is 15.0 Å². The first-order chi connectivity index (χ1) is 17.6. The zero-order valence-corrected chi connectivity index (χ0v) is 20.0. The number of hydrogen-bond donors (Lipinski definition) is 2. The number of nitrogens with one attached hydrogen (secondary N) is 1. The van der Waals surface area contributed by atoms with E-state index in [4.69, 9.17) is 9.47 Å². The number of ether oxygens (including phenoxy) is 4. The van der Waals surface area contributed by atoms with Gasteiger partial charge in [-0.1, -0.05) is 6.07 Å². The average Bonchev–Trinajstić information content (AvgIpc) is 3.53. The van der Waals surface area contributed by atoms with Gasteiger partial charge in [-0.15, -0.1) is 8.78 Å². The van der Waals surface area contributed by atoms with E-state index < -0.39 is 23.1 Å². The Morgan fingerprint density at radius 1 is 1.03 bits per heavy atom. The van der Waals surface area contributed by atoms with Crippen molar-refractivity contribution in [2.24, 2.45) is 10.8 Å². The van der Waals surface area contributed by atoms with Crippen molar-refractivity contribution in [3.05, 3.63) is 47.5 Å². The highest BCUT2D eigenvalue weighted by Crippen LogP contribution is 2.76. The third kappa shape index (κ3) is 3.17. The number of fused-ring (bicyclic) bond motifs is 2. The Morgan fingerprint density at radius 2 is 1.76 bits per heavy atom. The van der Waals surface area contributed by atoms with Crippen LogP contribution < -0.4 is 24.3 Å². The van der Waals surface area contributed by atoms with Gasteiger partial charge in [-0.05, 0) is 61.9 Å². The molecule has 4 fully saturated rings. The number of methoxy groups -OCH3 is 1. The number of amides is 1. The lowest BCUT2D eigenvalue weighted by atomic mass is 9.33. The van der Waals surface area contributed by atoms with Gasteiger partial charge in [-0.25, -0.2) is 0 Å². The molecule has 2 aliphatic heterocycles. The van der Waals surface area contributed by atoms with E-state index in [0.29, 0.717) is 55.6 Å². The monoisotopic (exact) mass is 513 g/mol. The summed E-state index contributed by atoms with van der Waals surface area (Å²) in [6.07, 6.45) is -0.540. The van der Waals surface area contributed by atoms with E-state index in [0.717, 1.165) is 5.56 Å². The predicted octanol–water partition coefficient (Wildman–Crippen LogP) is 4.31. The van der Waals surface area contributed by atoms with E-state index in [2.05, 4.69) is 14.8 Å². The van der Waals surface area contributed by atoms with Crippen LogP contribution in [-0.4, -0.2) is 36.5 Å². The molecule has 2 N–H and O–H groups in total. The number of halogens is 2. The molecule has 1 amide bonds. The second-order valence-corrected chi connectivity index (χ2v) is 11.2. The molecule has 37 heavy (non-hydrogen) atoms. The van der Waals surface area contributed by atoms with E-state index in [9.17, 15) is 23.5 Å². The largest absolute Gasteiger partial charge is 0.586 e.